The second-order valence-electron chi connectivity index (χ2n) is 3.87. The van der Waals surface area contributed by atoms with E-state index in [4.69, 9.17) is 11.6 Å². The third-order valence-corrected chi connectivity index (χ3v) is 2.89. The first kappa shape index (κ1) is 15.9. The van der Waals surface area contributed by atoms with E-state index in [-0.39, 0.29) is 44.0 Å². The van der Waals surface area contributed by atoms with Crippen LogP contribution in [0, 0.1) is 6.07 Å². The summed E-state index contributed by atoms with van der Waals surface area (Å²) >= 11 is 5.85. The molecule has 0 aliphatic carbocycles. The van der Waals surface area contributed by atoms with Gasteiger partial charge in [-0.05, 0) is 11.4 Å². The largest absolute Gasteiger partial charge is 0.381 e. The van der Waals surface area contributed by atoms with E-state index in [0.717, 1.165) is 0 Å². The molecule has 7 heteroatoms. The van der Waals surface area contributed by atoms with Crippen LogP contribution in [-0.2, 0) is 30.7 Å². The summed E-state index contributed by atoms with van der Waals surface area (Å²) < 4.78 is 0. The number of rotatable bonds is 2. The molecule has 5 nitrogen and oxygen atoms in total. The molecule has 1 heterocycles. The Labute approximate surface area is 129 Å². The standard InChI is InChI=1S/C12H10ClN2O3.W/c13-8-4-2-1-3-7(8)11(17)14-9-5-6-10(16)15-12(9)18;/h1-2,4,9H,5-6H2,(H,14,17)(H,15,16,18);/q-1;. The van der Waals surface area contributed by atoms with Crippen molar-refractivity contribution < 1.29 is 35.4 Å². The molecule has 19 heavy (non-hydrogen) atoms. The molecular weight excluding hydrogens is 439 g/mol. The zero-order chi connectivity index (χ0) is 13.1. The number of nitrogens with one attached hydrogen (secondary N) is 2. The van der Waals surface area contributed by atoms with Crippen molar-refractivity contribution in [3.05, 3.63) is 34.9 Å². The van der Waals surface area contributed by atoms with Crippen LogP contribution in [0.1, 0.15) is 23.2 Å². The van der Waals surface area contributed by atoms with Crippen molar-refractivity contribution in [3.8, 4) is 0 Å². The fourth-order valence-corrected chi connectivity index (χ4v) is 1.87. The van der Waals surface area contributed by atoms with E-state index in [2.05, 4.69) is 16.7 Å². The number of carbonyl (C=O) groups is 3. The summed E-state index contributed by atoms with van der Waals surface area (Å²) in [6, 6.07) is 6.78. The van der Waals surface area contributed by atoms with Gasteiger partial charge in [-0.15, -0.1) is 35.9 Å². The van der Waals surface area contributed by atoms with Crippen LogP contribution in [0.4, 0.5) is 0 Å². The van der Waals surface area contributed by atoms with Crippen molar-refractivity contribution in [1.29, 1.82) is 0 Å². The Kier molecular flexibility index (Phi) is 5.70. The van der Waals surface area contributed by atoms with E-state index in [9.17, 15) is 14.4 Å². The third-order valence-electron chi connectivity index (χ3n) is 2.58. The molecule has 0 spiro atoms. The summed E-state index contributed by atoms with van der Waals surface area (Å²) in [6.07, 6.45) is 0.504. The predicted molar refractivity (Wildman–Crippen MR) is 63.9 cm³/mol. The summed E-state index contributed by atoms with van der Waals surface area (Å²) in [6.45, 7) is 0. The molecule has 1 aliphatic rings. The monoisotopic (exact) mass is 449 g/mol. The molecule has 0 bridgehead atoms. The van der Waals surface area contributed by atoms with Crippen LogP contribution in [0.2, 0.25) is 5.02 Å². The van der Waals surface area contributed by atoms with Crippen LogP contribution in [0.5, 0.6) is 0 Å². The molecule has 1 fully saturated rings. The Hall–Kier alpha value is -1.19. The van der Waals surface area contributed by atoms with Gasteiger partial charge < -0.3 is 10.1 Å². The van der Waals surface area contributed by atoms with E-state index in [1.54, 1.807) is 18.2 Å². The van der Waals surface area contributed by atoms with E-state index >= 15 is 0 Å². The molecule has 0 saturated carbocycles. The molecule has 1 saturated heterocycles. The fraction of sp³-hybridized carbons (Fsp3) is 0.250. The second-order valence-corrected chi connectivity index (χ2v) is 4.28. The van der Waals surface area contributed by atoms with Gasteiger partial charge in [-0.1, -0.05) is 5.56 Å². The average molecular weight is 450 g/mol. The van der Waals surface area contributed by atoms with Gasteiger partial charge in [-0.3, -0.25) is 14.9 Å². The SMILES string of the molecule is O=C1CCC(NC(=O)c2[c-]cccc2Cl)C(=O)N1.[W]. The molecule has 1 aliphatic heterocycles. The summed E-state index contributed by atoms with van der Waals surface area (Å²) in [5.41, 5.74) is 0.184. The molecule has 3 amide bonds. The van der Waals surface area contributed by atoms with Crippen molar-refractivity contribution in [1.82, 2.24) is 10.6 Å². The Morgan fingerprint density at radius 1 is 1.47 bits per heavy atom. The zero-order valence-electron chi connectivity index (χ0n) is 9.73. The van der Waals surface area contributed by atoms with E-state index in [1.807, 2.05) is 0 Å². The third kappa shape index (κ3) is 3.88. The van der Waals surface area contributed by atoms with Crippen LogP contribution in [0.25, 0.3) is 0 Å². The Bertz CT molecular complexity index is 521. The van der Waals surface area contributed by atoms with E-state index < -0.39 is 17.9 Å². The van der Waals surface area contributed by atoms with Crippen LogP contribution >= 0.6 is 11.6 Å². The molecule has 100 valence electrons. The zero-order valence-corrected chi connectivity index (χ0v) is 13.4. The van der Waals surface area contributed by atoms with Crippen LogP contribution in [0.3, 0.4) is 0 Å². The number of hydrogen-bond donors (Lipinski definition) is 2. The van der Waals surface area contributed by atoms with Crippen molar-refractivity contribution in [2.45, 2.75) is 18.9 Å². The minimum absolute atomic E-state index is 0. The quantitative estimate of drug-likeness (QED) is 0.515. The van der Waals surface area contributed by atoms with Gasteiger partial charge in [-0.2, -0.15) is 0 Å². The van der Waals surface area contributed by atoms with Gasteiger partial charge in [0.1, 0.15) is 6.04 Å². The minimum Gasteiger partial charge on any atom is -0.381 e. The van der Waals surface area contributed by atoms with Gasteiger partial charge in [-0.25, -0.2) is 0 Å². The number of imide groups is 1. The van der Waals surface area contributed by atoms with Crippen molar-refractivity contribution in [3.63, 3.8) is 0 Å². The second kappa shape index (κ2) is 6.82. The summed E-state index contributed by atoms with van der Waals surface area (Å²) in [4.78, 5) is 34.3. The molecule has 0 aromatic heterocycles. The van der Waals surface area contributed by atoms with Crippen molar-refractivity contribution >= 4 is 29.3 Å². The number of carbonyl (C=O) groups excluding carboxylic acids is 3. The molecule has 2 rings (SSSR count). The number of amides is 3. The Morgan fingerprint density at radius 3 is 2.84 bits per heavy atom. The smallest absolute Gasteiger partial charge is 0.248 e. The summed E-state index contributed by atoms with van der Waals surface area (Å²) in [5, 5.41) is 4.96. The summed E-state index contributed by atoms with van der Waals surface area (Å²) in [7, 11) is 0. The Balaban J connectivity index is 0.00000180. The van der Waals surface area contributed by atoms with Crippen molar-refractivity contribution in [2.75, 3.05) is 0 Å². The number of piperidine rings is 1. The Morgan fingerprint density at radius 2 is 2.21 bits per heavy atom. The van der Waals surface area contributed by atoms with Crippen LogP contribution in [-0.4, -0.2) is 23.8 Å². The normalized spacial score (nSPS) is 18.3. The number of halogens is 1. The maximum atomic E-state index is 11.9. The number of benzene rings is 1. The maximum Gasteiger partial charge on any atom is 0.248 e. The van der Waals surface area contributed by atoms with Gasteiger partial charge in [0.15, 0.2) is 5.91 Å². The molecule has 2 N–H and O–H groups in total. The predicted octanol–water partition coefficient (Wildman–Crippen LogP) is 0.673. The molecule has 1 atom stereocenters. The van der Waals surface area contributed by atoms with Gasteiger partial charge in [0.25, 0.3) is 0 Å². The first-order chi connectivity index (χ1) is 8.58. The first-order valence-corrected chi connectivity index (χ1v) is 5.76. The van der Waals surface area contributed by atoms with Gasteiger partial charge >= 0.3 is 0 Å². The van der Waals surface area contributed by atoms with E-state index in [0.29, 0.717) is 6.42 Å². The average Bonchev–Trinajstić information content (AvgIpc) is 2.33. The molecule has 1 aromatic rings. The minimum atomic E-state index is -0.708. The van der Waals surface area contributed by atoms with E-state index in [1.165, 1.54) is 0 Å². The van der Waals surface area contributed by atoms with Gasteiger partial charge in [0.2, 0.25) is 11.8 Å². The van der Waals surface area contributed by atoms with Crippen LogP contribution < -0.4 is 10.6 Å². The molecule has 1 aromatic carbocycles. The number of hydrogen-bond acceptors (Lipinski definition) is 3. The maximum absolute atomic E-state index is 11.9. The van der Waals surface area contributed by atoms with Gasteiger partial charge in [0, 0.05) is 27.5 Å². The van der Waals surface area contributed by atoms with Crippen LogP contribution in [0.15, 0.2) is 18.2 Å². The van der Waals surface area contributed by atoms with Gasteiger partial charge in [0.05, 0.1) is 0 Å². The first-order valence-electron chi connectivity index (χ1n) is 5.38. The summed E-state index contributed by atoms with van der Waals surface area (Å²) in [5.74, 6) is -1.29. The molecule has 1 unspecified atom stereocenters. The topological polar surface area (TPSA) is 75.3 Å². The van der Waals surface area contributed by atoms with Crippen molar-refractivity contribution in [2.24, 2.45) is 0 Å². The molecule has 0 radical (unpaired) electrons. The molecular formula is C12H10ClN2O3W-. The fourth-order valence-electron chi connectivity index (χ4n) is 1.65.